The van der Waals surface area contributed by atoms with E-state index >= 15 is 0 Å². The summed E-state index contributed by atoms with van der Waals surface area (Å²) < 4.78 is 28.9. The highest BCUT2D eigenvalue weighted by molar-refractivity contribution is 7.90. The molecule has 0 N–H and O–H groups in total. The summed E-state index contributed by atoms with van der Waals surface area (Å²) in [6.45, 7) is 3.82. The Bertz CT molecular complexity index is 722. The molecule has 104 valence electrons. The van der Waals surface area contributed by atoms with Crippen LogP contribution in [0.3, 0.4) is 0 Å². The lowest BCUT2D eigenvalue weighted by atomic mass is 10.2. The quantitative estimate of drug-likeness (QED) is 0.492. The first-order valence-corrected chi connectivity index (χ1v) is 7.46. The molecule has 6 heteroatoms. The van der Waals surface area contributed by atoms with Crippen LogP contribution in [0, 0.1) is 13.8 Å². The largest absolute Gasteiger partial charge is 0.356 e. The Morgan fingerprint density at radius 1 is 1.10 bits per heavy atom. The lowest BCUT2D eigenvalue weighted by Crippen LogP contribution is -2.28. The van der Waals surface area contributed by atoms with Crippen LogP contribution in [0.4, 0.5) is 0 Å². The van der Waals surface area contributed by atoms with E-state index < -0.39 is 10.0 Å². The molecule has 2 rings (SSSR count). The molecule has 2 aromatic rings. The molecule has 0 fully saturated rings. The van der Waals surface area contributed by atoms with Crippen molar-refractivity contribution >= 4 is 16.4 Å². The Kier molecular flexibility index (Phi) is 4.14. The van der Waals surface area contributed by atoms with Crippen molar-refractivity contribution in [3.63, 3.8) is 0 Å². The van der Waals surface area contributed by atoms with Crippen molar-refractivity contribution in [2.75, 3.05) is 0 Å². The molecule has 0 saturated carbocycles. The molecule has 0 aliphatic rings. The van der Waals surface area contributed by atoms with Gasteiger partial charge in [0.2, 0.25) is 10.0 Å². The molecule has 0 radical (unpaired) electrons. The van der Waals surface area contributed by atoms with Gasteiger partial charge in [-0.1, -0.05) is 17.7 Å². The standard InChI is InChI=1S/C14H15N3O2S/c1-12-5-7-14(8-6-12)20(18,19)16-11-15-17-9-3-4-13(2)10-17/h3-11H,1-2H3. The fourth-order valence-corrected chi connectivity index (χ4v) is 2.33. The van der Waals surface area contributed by atoms with Gasteiger partial charge in [-0.3, -0.25) is 0 Å². The Morgan fingerprint density at radius 3 is 2.45 bits per heavy atom. The second kappa shape index (κ2) is 5.83. The Balaban J connectivity index is 2.12. The predicted octanol–water partition coefficient (Wildman–Crippen LogP) is 2.14. The van der Waals surface area contributed by atoms with Crippen LogP contribution in [0.1, 0.15) is 11.1 Å². The zero-order valence-electron chi connectivity index (χ0n) is 11.3. The van der Waals surface area contributed by atoms with Crippen LogP contribution in [-0.4, -0.2) is 14.8 Å². The lowest BCUT2D eigenvalue weighted by Gasteiger charge is -2.05. The third-order valence-corrected chi connectivity index (χ3v) is 3.86. The van der Waals surface area contributed by atoms with Crippen LogP contribution < -0.4 is 4.68 Å². The number of pyridine rings is 1. The van der Waals surface area contributed by atoms with E-state index in [1.54, 1.807) is 24.5 Å². The molecule has 0 aliphatic carbocycles. The van der Waals surface area contributed by atoms with Gasteiger partial charge < -0.3 is 4.40 Å². The van der Waals surface area contributed by atoms with E-state index in [9.17, 15) is 8.42 Å². The number of rotatable bonds is 4. The fraction of sp³-hybridized carbons (Fsp3) is 0.143. The molecule has 0 aliphatic heterocycles. The van der Waals surface area contributed by atoms with Gasteiger partial charge in [0.25, 0.3) is 0 Å². The van der Waals surface area contributed by atoms with E-state index in [1.807, 2.05) is 26.0 Å². The zero-order valence-corrected chi connectivity index (χ0v) is 12.1. The SMILES string of the molecule is Cc1ccc(S(=O)(=O)N=C[N-][n+]2cccc(C)c2)cc1. The summed E-state index contributed by atoms with van der Waals surface area (Å²) in [5.74, 6) is 0. The maximum atomic E-state index is 11.9. The molecule has 0 spiro atoms. The van der Waals surface area contributed by atoms with Crippen LogP contribution in [0.15, 0.2) is 58.1 Å². The van der Waals surface area contributed by atoms with Gasteiger partial charge in [0, 0.05) is 11.6 Å². The van der Waals surface area contributed by atoms with Crippen molar-refractivity contribution < 1.29 is 13.1 Å². The van der Waals surface area contributed by atoms with Gasteiger partial charge in [0.15, 0.2) is 12.4 Å². The zero-order chi connectivity index (χ0) is 14.6. The van der Waals surface area contributed by atoms with Gasteiger partial charge in [-0.2, -0.15) is 4.68 Å². The third-order valence-electron chi connectivity index (χ3n) is 2.62. The van der Waals surface area contributed by atoms with Crippen molar-refractivity contribution in [3.05, 3.63) is 65.3 Å². The summed E-state index contributed by atoms with van der Waals surface area (Å²) in [7, 11) is -3.69. The van der Waals surface area contributed by atoms with E-state index in [1.165, 1.54) is 16.8 Å². The third kappa shape index (κ3) is 3.64. The molecule has 0 unspecified atom stereocenters. The van der Waals surface area contributed by atoms with E-state index in [0.29, 0.717) is 0 Å². The summed E-state index contributed by atoms with van der Waals surface area (Å²) in [4.78, 5) is 0.156. The van der Waals surface area contributed by atoms with E-state index in [4.69, 9.17) is 0 Å². The molecule has 20 heavy (non-hydrogen) atoms. The van der Waals surface area contributed by atoms with E-state index in [-0.39, 0.29) is 4.90 Å². The number of sulfonamides is 1. The average molecular weight is 289 g/mol. The van der Waals surface area contributed by atoms with Crippen LogP contribution in [0.25, 0.3) is 5.43 Å². The fourth-order valence-electron chi connectivity index (χ4n) is 1.56. The first-order chi connectivity index (χ1) is 9.47. The van der Waals surface area contributed by atoms with Gasteiger partial charge in [-0.15, -0.1) is 0 Å². The Morgan fingerprint density at radius 2 is 1.80 bits per heavy atom. The molecular formula is C14H15N3O2S. The Labute approximate surface area is 118 Å². The number of hydrogen-bond donors (Lipinski definition) is 0. The minimum atomic E-state index is -3.69. The minimum absolute atomic E-state index is 0.156. The molecule has 1 aromatic carbocycles. The van der Waals surface area contributed by atoms with Crippen molar-refractivity contribution in [3.8, 4) is 0 Å². The van der Waals surface area contributed by atoms with Gasteiger partial charge in [-0.25, -0.2) is 13.8 Å². The first kappa shape index (κ1) is 14.2. The average Bonchev–Trinajstić information content (AvgIpc) is 2.39. The molecule has 0 bridgehead atoms. The van der Waals surface area contributed by atoms with Crippen molar-refractivity contribution in [2.45, 2.75) is 18.7 Å². The summed E-state index contributed by atoms with van der Waals surface area (Å²) in [5, 5.41) is 0. The first-order valence-electron chi connectivity index (χ1n) is 6.02. The van der Waals surface area contributed by atoms with Crippen molar-refractivity contribution in [1.82, 2.24) is 0 Å². The molecule has 1 aromatic heterocycles. The number of nitrogens with zero attached hydrogens (tertiary/aromatic N) is 3. The summed E-state index contributed by atoms with van der Waals surface area (Å²) in [6.07, 6.45) is 4.51. The van der Waals surface area contributed by atoms with Crippen molar-refractivity contribution in [2.24, 2.45) is 4.40 Å². The molecule has 0 saturated heterocycles. The second-order valence-electron chi connectivity index (χ2n) is 4.39. The monoisotopic (exact) mass is 289 g/mol. The summed E-state index contributed by atoms with van der Waals surface area (Å²) in [6, 6.07) is 10.3. The molecular weight excluding hydrogens is 274 g/mol. The Hall–Kier alpha value is -2.21. The lowest BCUT2D eigenvalue weighted by molar-refractivity contribution is -0.616. The van der Waals surface area contributed by atoms with Crippen LogP contribution in [-0.2, 0) is 10.0 Å². The molecule has 5 nitrogen and oxygen atoms in total. The smallest absolute Gasteiger partial charge is 0.201 e. The van der Waals surface area contributed by atoms with E-state index in [2.05, 4.69) is 9.82 Å². The molecule has 0 atom stereocenters. The highest BCUT2D eigenvalue weighted by Gasteiger charge is 2.05. The number of hydrogen-bond acceptors (Lipinski definition) is 2. The predicted molar refractivity (Wildman–Crippen MR) is 77.0 cm³/mol. The van der Waals surface area contributed by atoms with Crippen LogP contribution in [0.5, 0.6) is 0 Å². The topological polar surface area (TPSA) is 64.5 Å². The van der Waals surface area contributed by atoms with Gasteiger partial charge in [-0.05, 0) is 38.4 Å². The maximum Gasteiger partial charge on any atom is 0.201 e. The number of aromatic nitrogens is 1. The summed E-state index contributed by atoms with van der Waals surface area (Å²) in [5.41, 5.74) is 5.95. The highest BCUT2D eigenvalue weighted by atomic mass is 32.2. The van der Waals surface area contributed by atoms with Gasteiger partial charge in [0.1, 0.15) is 0 Å². The van der Waals surface area contributed by atoms with Crippen LogP contribution in [0.2, 0.25) is 0 Å². The number of aryl methyl sites for hydroxylation is 2. The molecule has 1 heterocycles. The normalized spacial score (nSPS) is 11.7. The maximum absolute atomic E-state index is 11.9. The minimum Gasteiger partial charge on any atom is -0.356 e. The van der Waals surface area contributed by atoms with E-state index in [0.717, 1.165) is 17.5 Å². The van der Waals surface area contributed by atoms with Gasteiger partial charge in [0.05, 0.1) is 4.90 Å². The van der Waals surface area contributed by atoms with Crippen molar-refractivity contribution in [1.29, 1.82) is 0 Å². The van der Waals surface area contributed by atoms with Crippen LogP contribution >= 0.6 is 0 Å². The molecule has 0 amide bonds. The summed E-state index contributed by atoms with van der Waals surface area (Å²) >= 11 is 0. The number of benzene rings is 1. The van der Waals surface area contributed by atoms with Gasteiger partial charge >= 0.3 is 0 Å². The highest BCUT2D eigenvalue weighted by Crippen LogP contribution is 2.12. The second-order valence-corrected chi connectivity index (χ2v) is 6.02.